The van der Waals surface area contributed by atoms with E-state index in [4.69, 9.17) is 0 Å². The minimum Gasteiger partial charge on any atom is -0.319 e. The van der Waals surface area contributed by atoms with Gasteiger partial charge in [-0.3, -0.25) is 4.79 Å². The van der Waals surface area contributed by atoms with Gasteiger partial charge in [0.1, 0.15) is 0 Å². The number of amides is 1. The predicted octanol–water partition coefficient (Wildman–Crippen LogP) is 1.65. The number of hydrogen-bond acceptors (Lipinski definition) is 4. The van der Waals surface area contributed by atoms with Crippen LogP contribution in [0.5, 0.6) is 0 Å². The number of benzene rings is 1. The van der Waals surface area contributed by atoms with Gasteiger partial charge in [0, 0.05) is 20.1 Å². The van der Waals surface area contributed by atoms with Crippen LogP contribution in [0.1, 0.15) is 18.4 Å². The van der Waals surface area contributed by atoms with Gasteiger partial charge in [-0.2, -0.15) is 4.99 Å². The lowest BCUT2D eigenvalue weighted by atomic mass is 9.99. The molecule has 130 valence electrons. The maximum absolute atomic E-state index is 12.5. The van der Waals surface area contributed by atoms with Crippen molar-refractivity contribution < 1.29 is 13.2 Å². The summed E-state index contributed by atoms with van der Waals surface area (Å²) in [4.78, 5) is 17.5. The van der Waals surface area contributed by atoms with E-state index in [1.54, 1.807) is 0 Å². The molecule has 0 aliphatic carbocycles. The lowest BCUT2D eigenvalue weighted by molar-refractivity contribution is -0.122. The molecule has 1 aliphatic rings. The van der Waals surface area contributed by atoms with E-state index >= 15 is 0 Å². The number of thiazole rings is 1. The van der Waals surface area contributed by atoms with Crippen molar-refractivity contribution in [1.82, 2.24) is 8.87 Å². The molecule has 24 heavy (non-hydrogen) atoms. The molecule has 2 heterocycles. The molecule has 1 unspecified atom stereocenters. The molecule has 0 bridgehead atoms. The van der Waals surface area contributed by atoms with Crippen LogP contribution < -0.4 is 4.80 Å². The highest BCUT2D eigenvalue weighted by molar-refractivity contribution is 7.88. The number of rotatable bonds is 2. The number of sulfonamides is 1. The molecule has 0 saturated carbocycles. The summed E-state index contributed by atoms with van der Waals surface area (Å²) in [6.07, 6.45) is 2.56. The van der Waals surface area contributed by atoms with Gasteiger partial charge in [0.05, 0.1) is 22.4 Å². The Morgan fingerprint density at radius 2 is 2.12 bits per heavy atom. The molecule has 2 aromatic rings. The van der Waals surface area contributed by atoms with Gasteiger partial charge in [0.25, 0.3) is 5.91 Å². The summed E-state index contributed by atoms with van der Waals surface area (Å²) in [5, 5.41) is 0. The Hall–Kier alpha value is -1.51. The molecule has 8 heteroatoms. The van der Waals surface area contributed by atoms with Gasteiger partial charge >= 0.3 is 0 Å². The maximum atomic E-state index is 12.5. The molecule has 1 atom stereocenters. The molecule has 1 amide bonds. The van der Waals surface area contributed by atoms with Gasteiger partial charge in [-0.1, -0.05) is 17.4 Å². The van der Waals surface area contributed by atoms with E-state index in [0.717, 1.165) is 10.2 Å². The summed E-state index contributed by atoms with van der Waals surface area (Å²) in [6.45, 7) is 2.75. The third-order valence-corrected chi connectivity index (χ3v) is 6.74. The predicted molar refractivity (Wildman–Crippen MR) is 95.2 cm³/mol. The zero-order valence-electron chi connectivity index (χ0n) is 14.0. The van der Waals surface area contributed by atoms with Gasteiger partial charge in [-0.25, -0.2) is 12.7 Å². The number of fused-ring (bicyclic) bond motifs is 1. The molecular formula is C16H21N3O3S2. The zero-order chi connectivity index (χ0) is 17.5. The summed E-state index contributed by atoms with van der Waals surface area (Å²) in [6, 6.07) is 6.14. The van der Waals surface area contributed by atoms with Crippen LogP contribution in [0.15, 0.2) is 23.2 Å². The van der Waals surface area contributed by atoms with Crippen molar-refractivity contribution in [3.8, 4) is 0 Å². The first-order valence-corrected chi connectivity index (χ1v) is 10.5. The largest absolute Gasteiger partial charge is 0.319 e. The lowest BCUT2D eigenvalue weighted by Gasteiger charge is -2.28. The Morgan fingerprint density at radius 3 is 2.83 bits per heavy atom. The second-order valence-corrected chi connectivity index (χ2v) is 9.32. The topological polar surface area (TPSA) is 71.7 Å². The van der Waals surface area contributed by atoms with E-state index < -0.39 is 10.0 Å². The number of nitrogens with zero attached hydrogens (tertiary/aromatic N) is 3. The summed E-state index contributed by atoms with van der Waals surface area (Å²) < 4.78 is 27.8. The Bertz CT molecular complexity index is 957. The van der Waals surface area contributed by atoms with Crippen LogP contribution in [0.25, 0.3) is 10.2 Å². The number of carbonyl (C=O) groups is 1. The highest BCUT2D eigenvalue weighted by Gasteiger charge is 2.30. The van der Waals surface area contributed by atoms with Crippen molar-refractivity contribution in [3.63, 3.8) is 0 Å². The average Bonchev–Trinajstić information content (AvgIpc) is 2.82. The summed E-state index contributed by atoms with van der Waals surface area (Å²) in [5.74, 6) is -0.595. The summed E-state index contributed by atoms with van der Waals surface area (Å²) in [5.41, 5.74) is 2.21. The maximum Gasteiger partial charge on any atom is 0.252 e. The highest BCUT2D eigenvalue weighted by atomic mass is 32.2. The number of carbonyl (C=O) groups excluding carboxylic acids is 1. The molecule has 3 rings (SSSR count). The van der Waals surface area contributed by atoms with Crippen molar-refractivity contribution >= 4 is 37.5 Å². The van der Waals surface area contributed by atoms with Gasteiger partial charge in [0.15, 0.2) is 4.80 Å². The minimum atomic E-state index is -3.26. The number of aryl methyl sites for hydroxylation is 2. The summed E-state index contributed by atoms with van der Waals surface area (Å²) >= 11 is 1.48. The molecule has 1 aromatic heterocycles. The molecule has 0 N–H and O–H groups in total. The number of aromatic nitrogens is 1. The molecule has 1 aliphatic heterocycles. The van der Waals surface area contributed by atoms with Crippen molar-refractivity contribution in [2.45, 2.75) is 19.8 Å². The van der Waals surface area contributed by atoms with Crippen LogP contribution in [0.4, 0.5) is 0 Å². The van der Waals surface area contributed by atoms with E-state index in [1.165, 1.54) is 27.5 Å². The fourth-order valence-corrected chi connectivity index (χ4v) is 5.01. The standard InChI is InChI=1S/C16H21N3O3S2/c1-11-6-7-13-14(9-11)23-16(18(13)2)17-15(20)12-5-4-8-19(10-12)24(3,21)22/h6-7,9,12H,4-5,8,10H2,1-3H3. The Kier molecular flexibility index (Phi) is 4.63. The smallest absolute Gasteiger partial charge is 0.252 e. The van der Waals surface area contributed by atoms with E-state index in [2.05, 4.69) is 11.1 Å². The van der Waals surface area contributed by atoms with Crippen LogP contribution >= 0.6 is 11.3 Å². The lowest BCUT2D eigenvalue weighted by Crippen LogP contribution is -2.41. The molecular weight excluding hydrogens is 346 g/mol. The van der Waals surface area contributed by atoms with E-state index in [9.17, 15) is 13.2 Å². The van der Waals surface area contributed by atoms with Crippen molar-refractivity contribution in [3.05, 3.63) is 28.6 Å². The Morgan fingerprint density at radius 1 is 1.38 bits per heavy atom. The second-order valence-electron chi connectivity index (χ2n) is 6.33. The average molecular weight is 367 g/mol. The van der Waals surface area contributed by atoms with Crippen LogP contribution in [0.2, 0.25) is 0 Å². The first-order valence-electron chi connectivity index (χ1n) is 7.85. The fraction of sp³-hybridized carbons (Fsp3) is 0.500. The van der Waals surface area contributed by atoms with Crippen LogP contribution in [0.3, 0.4) is 0 Å². The summed E-state index contributed by atoms with van der Waals surface area (Å²) in [7, 11) is -1.37. The first kappa shape index (κ1) is 17.3. The van der Waals surface area contributed by atoms with E-state index in [0.29, 0.717) is 24.2 Å². The molecule has 0 spiro atoms. The molecule has 6 nitrogen and oxygen atoms in total. The van der Waals surface area contributed by atoms with Crippen molar-refractivity contribution in [1.29, 1.82) is 0 Å². The molecule has 1 aromatic carbocycles. The third kappa shape index (κ3) is 3.45. The zero-order valence-corrected chi connectivity index (χ0v) is 15.7. The van der Waals surface area contributed by atoms with Gasteiger partial charge in [-0.15, -0.1) is 0 Å². The third-order valence-electron chi connectivity index (χ3n) is 4.37. The number of piperidine rings is 1. The Labute approximate surface area is 145 Å². The van der Waals surface area contributed by atoms with Crippen molar-refractivity contribution in [2.75, 3.05) is 19.3 Å². The van der Waals surface area contributed by atoms with Gasteiger partial charge in [0.2, 0.25) is 10.0 Å². The molecule has 0 radical (unpaired) electrons. The molecule has 1 fully saturated rings. The highest BCUT2D eigenvalue weighted by Crippen LogP contribution is 2.21. The van der Waals surface area contributed by atoms with Gasteiger partial charge < -0.3 is 4.57 Å². The van der Waals surface area contributed by atoms with Crippen LogP contribution in [0, 0.1) is 12.8 Å². The molecule has 1 saturated heterocycles. The SMILES string of the molecule is Cc1ccc2c(c1)sc(=NC(=O)C1CCCN(S(C)(=O)=O)C1)n2C. The van der Waals surface area contributed by atoms with E-state index in [-0.39, 0.29) is 18.4 Å². The minimum absolute atomic E-state index is 0.231. The van der Waals surface area contributed by atoms with Crippen LogP contribution in [-0.4, -0.2) is 42.5 Å². The van der Waals surface area contributed by atoms with Gasteiger partial charge in [-0.05, 0) is 37.5 Å². The quantitative estimate of drug-likeness (QED) is 0.810. The van der Waals surface area contributed by atoms with E-state index in [1.807, 2.05) is 30.7 Å². The normalized spacial score (nSPS) is 20.6. The fourth-order valence-electron chi connectivity index (χ4n) is 2.98. The first-order chi connectivity index (χ1) is 11.3. The monoisotopic (exact) mass is 367 g/mol. The Balaban J connectivity index is 1.91. The number of hydrogen-bond donors (Lipinski definition) is 0. The second kappa shape index (κ2) is 6.42. The van der Waals surface area contributed by atoms with Crippen LogP contribution in [-0.2, 0) is 21.9 Å². The van der Waals surface area contributed by atoms with Crippen molar-refractivity contribution in [2.24, 2.45) is 18.0 Å².